The summed E-state index contributed by atoms with van der Waals surface area (Å²) in [6, 6.07) is 10.7. The zero-order valence-corrected chi connectivity index (χ0v) is 21.2. The van der Waals surface area contributed by atoms with Crippen LogP contribution in [0, 0.1) is 5.92 Å². The Balaban J connectivity index is 1.35. The number of piperazine rings is 1. The second kappa shape index (κ2) is 9.45. The summed E-state index contributed by atoms with van der Waals surface area (Å²) in [6.07, 6.45) is 7.43. The normalized spacial score (nSPS) is 29.6. The average molecular weight is 482 g/mol. The van der Waals surface area contributed by atoms with Crippen LogP contribution >= 0.6 is 0 Å². The lowest BCUT2D eigenvalue weighted by atomic mass is 9.68. The van der Waals surface area contributed by atoms with Gasteiger partial charge in [-0.2, -0.15) is 0 Å². The van der Waals surface area contributed by atoms with Gasteiger partial charge in [-0.3, -0.25) is 14.5 Å². The lowest BCUT2D eigenvalue weighted by molar-refractivity contribution is -0.138. The average Bonchev–Trinajstić information content (AvgIpc) is 3.07. The van der Waals surface area contributed by atoms with Crippen molar-refractivity contribution in [3.8, 4) is 0 Å². The van der Waals surface area contributed by atoms with Crippen LogP contribution in [0.5, 0.6) is 0 Å². The van der Waals surface area contributed by atoms with Gasteiger partial charge in [0.2, 0.25) is 11.8 Å². The van der Waals surface area contributed by atoms with Crippen molar-refractivity contribution >= 4 is 17.8 Å². The summed E-state index contributed by atoms with van der Waals surface area (Å²) in [7, 11) is 4.33. The number of hydrogen-bond donors (Lipinski definition) is 1. The van der Waals surface area contributed by atoms with E-state index in [1.165, 1.54) is 24.8 Å². The lowest BCUT2D eigenvalue weighted by Gasteiger charge is -2.51. The van der Waals surface area contributed by atoms with Crippen LogP contribution in [0.2, 0.25) is 0 Å². The van der Waals surface area contributed by atoms with Gasteiger partial charge in [0.25, 0.3) is 0 Å². The van der Waals surface area contributed by atoms with E-state index in [0.29, 0.717) is 25.6 Å². The Morgan fingerprint density at radius 3 is 2.40 bits per heavy atom. The van der Waals surface area contributed by atoms with Gasteiger partial charge in [0.1, 0.15) is 6.54 Å². The number of carbonyl (C=O) groups excluding carboxylic acids is 3. The summed E-state index contributed by atoms with van der Waals surface area (Å²) < 4.78 is 0. The first-order chi connectivity index (χ1) is 16.8. The number of carbonyl (C=O) groups is 3. The van der Waals surface area contributed by atoms with Crippen LogP contribution in [0.25, 0.3) is 0 Å². The molecule has 4 fully saturated rings. The second-order valence-electron chi connectivity index (χ2n) is 11.2. The largest absolute Gasteiger partial charge is 0.353 e. The van der Waals surface area contributed by atoms with Crippen molar-refractivity contribution in [3.05, 3.63) is 35.9 Å². The number of amides is 4. The molecule has 4 amide bonds. The topological polar surface area (TPSA) is 76.2 Å². The molecule has 1 spiro atoms. The Kier molecular flexibility index (Phi) is 6.51. The Morgan fingerprint density at radius 1 is 1.09 bits per heavy atom. The molecular formula is C27H39N5O3. The van der Waals surface area contributed by atoms with Crippen LogP contribution in [0.15, 0.2) is 30.3 Å². The van der Waals surface area contributed by atoms with Crippen molar-refractivity contribution in [1.29, 1.82) is 0 Å². The summed E-state index contributed by atoms with van der Waals surface area (Å²) in [4.78, 5) is 46.3. The summed E-state index contributed by atoms with van der Waals surface area (Å²) in [5, 5.41) is 2.76. The fourth-order valence-corrected chi connectivity index (χ4v) is 6.62. The third kappa shape index (κ3) is 4.41. The molecule has 0 atom stereocenters. The van der Waals surface area contributed by atoms with Gasteiger partial charge in [0.15, 0.2) is 0 Å². The van der Waals surface area contributed by atoms with Gasteiger partial charge in [-0.15, -0.1) is 0 Å². The Hall–Kier alpha value is -2.61. The summed E-state index contributed by atoms with van der Waals surface area (Å²) in [5.41, 5.74) is 1.08. The molecule has 4 aliphatic rings. The Labute approximate surface area is 208 Å². The number of benzene rings is 1. The van der Waals surface area contributed by atoms with Gasteiger partial charge in [-0.25, -0.2) is 4.79 Å². The predicted molar refractivity (Wildman–Crippen MR) is 134 cm³/mol. The van der Waals surface area contributed by atoms with Crippen molar-refractivity contribution in [3.63, 3.8) is 0 Å². The molecule has 2 saturated heterocycles. The predicted octanol–water partition coefficient (Wildman–Crippen LogP) is 2.25. The number of rotatable bonds is 6. The van der Waals surface area contributed by atoms with E-state index in [1.807, 2.05) is 0 Å². The molecule has 0 aromatic heterocycles. The van der Waals surface area contributed by atoms with Crippen molar-refractivity contribution in [2.24, 2.45) is 5.92 Å². The highest BCUT2D eigenvalue weighted by Crippen LogP contribution is 2.49. The summed E-state index contributed by atoms with van der Waals surface area (Å²) in [6.45, 7) is 2.53. The highest BCUT2D eigenvalue weighted by Gasteiger charge is 2.55. The molecule has 2 aliphatic carbocycles. The van der Waals surface area contributed by atoms with Gasteiger partial charge >= 0.3 is 6.03 Å². The van der Waals surface area contributed by atoms with Gasteiger partial charge in [0.05, 0.1) is 12.1 Å². The molecule has 5 rings (SSSR count). The first kappa shape index (κ1) is 24.1. The molecule has 190 valence electrons. The van der Waals surface area contributed by atoms with E-state index >= 15 is 0 Å². The minimum atomic E-state index is -0.222. The van der Waals surface area contributed by atoms with Crippen LogP contribution in [0.3, 0.4) is 0 Å². The summed E-state index contributed by atoms with van der Waals surface area (Å²) in [5.74, 6) is 0.317. The number of nitrogens with zero attached hydrogens (tertiary/aromatic N) is 4. The van der Waals surface area contributed by atoms with Gasteiger partial charge in [-0.05, 0) is 64.1 Å². The fraction of sp³-hybridized carbons (Fsp3) is 0.667. The van der Waals surface area contributed by atoms with Crippen LogP contribution in [-0.2, 0) is 15.1 Å². The molecular weight excluding hydrogens is 442 g/mol. The zero-order chi connectivity index (χ0) is 24.6. The van der Waals surface area contributed by atoms with E-state index in [9.17, 15) is 14.4 Å². The molecule has 0 bridgehead atoms. The van der Waals surface area contributed by atoms with Crippen molar-refractivity contribution in [2.75, 3.05) is 53.4 Å². The van der Waals surface area contributed by atoms with E-state index in [-0.39, 0.29) is 42.0 Å². The van der Waals surface area contributed by atoms with E-state index < -0.39 is 0 Å². The molecule has 8 nitrogen and oxygen atoms in total. The third-order valence-corrected chi connectivity index (χ3v) is 9.12. The van der Waals surface area contributed by atoms with E-state index in [1.54, 1.807) is 9.80 Å². The van der Waals surface area contributed by atoms with Gasteiger partial charge in [-0.1, -0.05) is 36.8 Å². The first-order valence-corrected chi connectivity index (χ1v) is 13.2. The molecule has 1 aromatic rings. The van der Waals surface area contributed by atoms with E-state index in [0.717, 1.165) is 32.2 Å². The maximum atomic E-state index is 13.7. The second-order valence-corrected chi connectivity index (χ2v) is 11.2. The van der Waals surface area contributed by atoms with Crippen LogP contribution in [0.1, 0.15) is 50.5 Å². The quantitative estimate of drug-likeness (QED) is 0.676. The maximum Gasteiger partial charge on any atom is 0.321 e. The molecule has 2 saturated carbocycles. The van der Waals surface area contributed by atoms with E-state index in [2.05, 4.69) is 59.5 Å². The smallest absolute Gasteiger partial charge is 0.321 e. The molecule has 35 heavy (non-hydrogen) atoms. The van der Waals surface area contributed by atoms with Crippen LogP contribution < -0.4 is 5.32 Å². The minimum Gasteiger partial charge on any atom is -0.353 e. The summed E-state index contributed by atoms with van der Waals surface area (Å²) >= 11 is 0. The molecule has 1 N–H and O–H groups in total. The molecule has 0 unspecified atom stereocenters. The SMILES string of the molecule is CN(C)C1(c2ccccc2)CCC2(CC1)CN(CC(=O)N1CCNC(=O)C1)C(=O)N2CC1CCC1. The highest BCUT2D eigenvalue weighted by molar-refractivity contribution is 5.89. The molecule has 2 heterocycles. The molecule has 2 aliphatic heterocycles. The molecule has 0 radical (unpaired) electrons. The standard InChI is InChI=1S/C27H39N5O3/c1-29(2)27(22-9-4-3-5-10-22)13-11-26(12-14-27)20-31(25(35)32(26)17-21-7-6-8-21)19-24(34)30-16-15-28-23(33)18-30/h3-5,9-10,21H,6-8,11-20H2,1-2H3,(H,28,33). The van der Waals surface area contributed by atoms with Crippen LogP contribution in [0.4, 0.5) is 4.79 Å². The van der Waals surface area contributed by atoms with Crippen molar-refractivity contribution in [1.82, 2.24) is 24.9 Å². The Bertz CT molecular complexity index is 953. The van der Waals surface area contributed by atoms with Crippen LogP contribution in [-0.4, -0.2) is 96.3 Å². The van der Waals surface area contributed by atoms with Gasteiger partial charge < -0.3 is 20.0 Å². The van der Waals surface area contributed by atoms with Gasteiger partial charge in [0, 0.05) is 31.7 Å². The zero-order valence-electron chi connectivity index (χ0n) is 21.2. The third-order valence-electron chi connectivity index (χ3n) is 9.12. The van der Waals surface area contributed by atoms with Crippen molar-refractivity contribution in [2.45, 2.75) is 56.0 Å². The Morgan fingerprint density at radius 2 is 1.80 bits per heavy atom. The molecule has 8 heteroatoms. The first-order valence-electron chi connectivity index (χ1n) is 13.2. The highest BCUT2D eigenvalue weighted by atomic mass is 16.2. The molecule has 1 aromatic carbocycles. The lowest BCUT2D eigenvalue weighted by Crippen LogP contribution is -2.56. The van der Waals surface area contributed by atoms with Crippen molar-refractivity contribution < 1.29 is 14.4 Å². The minimum absolute atomic E-state index is 0.00350. The number of nitrogens with one attached hydrogen (secondary N) is 1. The maximum absolute atomic E-state index is 13.7. The fourth-order valence-electron chi connectivity index (χ4n) is 6.62. The van der Waals surface area contributed by atoms with E-state index in [4.69, 9.17) is 0 Å². The number of hydrogen-bond acceptors (Lipinski definition) is 4. The number of urea groups is 1. The monoisotopic (exact) mass is 481 g/mol.